The normalized spacial score (nSPS) is 17.7. The van der Waals surface area contributed by atoms with Gasteiger partial charge < -0.3 is 21.1 Å². The molecule has 0 spiro atoms. The van der Waals surface area contributed by atoms with Crippen molar-refractivity contribution < 1.29 is 23.9 Å². The number of hydrogen-bond acceptors (Lipinski definition) is 5. The van der Waals surface area contributed by atoms with Crippen LogP contribution in [0.3, 0.4) is 0 Å². The van der Waals surface area contributed by atoms with Crippen molar-refractivity contribution in [3.8, 4) is 0 Å². The predicted molar refractivity (Wildman–Crippen MR) is 83.1 cm³/mol. The molecular weight excluding hydrogens is 314 g/mol. The van der Waals surface area contributed by atoms with Crippen LogP contribution in [0.5, 0.6) is 0 Å². The summed E-state index contributed by atoms with van der Waals surface area (Å²) >= 11 is 0. The highest BCUT2D eigenvalue weighted by molar-refractivity contribution is 5.94. The maximum Gasteiger partial charge on any atom is 0.308 e. The van der Waals surface area contributed by atoms with E-state index in [2.05, 4.69) is 10.6 Å². The quantitative estimate of drug-likeness (QED) is 0.572. The lowest BCUT2D eigenvalue weighted by atomic mass is 10.1. The number of hydrogen-bond donors (Lipinski definition) is 3. The van der Waals surface area contributed by atoms with E-state index < -0.39 is 29.9 Å². The van der Waals surface area contributed by atoms with Gasteiger partial charge in [-0.05, 0) is 12.0 Å². The van der Waals surface area contributed by atoms with Crippen LogP contribution in [0.2, 0.25) is 0 Å². The molecule has 0 radical (unpaired) electrons. The second-order valence-electron chi connectivity index (χ2n) is 5.47. The molecule has 0 aromatic heterocycles. The van der Waals surface area contributed by atoms with Crippen LogP contribution in [-0.2, 0) is 30.5 Å². The second kappa shape index (κ2) is 8.09. The summed E-state index contributed by atoms with van der Waals surface area (Å²) in [5.74, 6) is -2.27. The van der Waals surface area contributed by atoms with Crippen LogP contribution in [0.4, 0.5) is 0 Å². The number of esters is 1. The molecule has 8 heteroatoms. The minimum atomic E-state index is -1.18. The van der Waals surface area contributed by atoms with E-state index in [1.165, 1.54) is 0 Å². The Labute approximate surface area is 138 Å². The number of carbonyl (C=O) groups excluding carboxylic acids is 4. The van der Waals surface area contributed by atoms with Crippen LogP contribution < -0.4 is 16.4 Å². The van der Waals surface area contributed by atoms with Crippen molar-refractivity contribution in [2.75, 3.05) is 0 Å². The molecule has 1 aromatic carbocycles. The average molecular weight is 333 g/mol. The number of benzene rings is 1. The van der Waals surface area contributed by atoms with E-state index in [-0.39, 0.29) is 25.4 Å². The monoisotopic (exact) mass is 333 g/mol. The summed E-state index contributed by atoms with van der Waals surface area (Å²) in [5, 5.41) is 4.86. The SMILES string of the molecule is NC(=O)[C@@H](CC(=O)OCc1ccccc1)NC(=O)[C@H]1CCC(=O)N1. The number of nitrogens with one attached hydrogen (secondary N) is 2. The van der Waals surface area contributed by atoms with Crippen molar-refractivity contribution >= 4 is 23.7 Å². The Balaban J connectivity index is 1.83. The fraction of sp³-hybridized carbons (Fsp3) is 0.375. The first kappa shape index (κ1) is 17.5. The zero-order valence-electron chi connectivity index (χ0n) is 13.0. The molecule has 3 amide bonds. The number of nitrogens with two attached hydrogens (primary N) is 1. The van der Waals surface area contributed by atoms with Gasteiger partial charge in [0, 0.05) is 6.42 Å². The molecule has 0 bridgehead atoms. The zero-order valence-corrected chi connectivity index (χ0v) is 13.0. The van der Waals surface area contributed by atoms with Gasteiger partial charge in [-0.3, -0.25) is 19.2 Å². The Morgan fingerprint density at radius 1 is 1.29 bits per heavy atom. The maximum atomic E-state index is 12.0. The zero-order chi connectivity index (χ0) is 17.5. The van der Waals surface area contributed by atoms with Crippen LogP contribution in [0.25, 0.3) is 0 Å². The fourth-order valence-corrected chi connectivity index (χ4v) is 2.27. The molecule has 0 saturated carbocycles. The van der Waals surface area contributed by atoms with Crippen LogP contribution in [0.1, 0.15) is 24.8 Å². The van der Waals surface area contributed by atoms with Gasteiger partial charge in [0.1, 0.15) is 18.7 Å². The molecule has 1 heterocycles. The van der Waals surface area contributed by atoms with E-state index in [0.717, 1.165) is 5.56 Å². The van der Waals surface area contributed by atoms with Crippen molar-refractivity contribution in [3.05, 3.63) is 35.9 Å². The summed E-state index contributed by atoms with van der Waals surface area (Å²) in [7, 11) is 0. The van der Waals surface area contributed by atoms with E-state index in [1.807, 2.05) is 18.2 Å². The standard InChI is InChI=1S/C16H19N3O5/c17-15(22)12(19-16(23)11-6-7-13(20)18-11)8-14(21)24-9-10-4-2-1-3-5-10/h1-5,11-12H,6-9H2,(H2,17,22)(H,18,20)(H,19,23)/t11-,12-/m1/s1. The van der Waals surface area contributed by atoms with Crippen LogP contribution in [0.15, 0.2) is 30.3 Å². The van der Waals surface area contributed by atoms with Crippen LogP contribution >= 0.6 is 0 Å². The van der Waals surface area contributed by atoms with Gasteiger partial charge in [0.2, 0.25) is 17.7 Å². The molecule has 0 aliphatic carbocycles. The van der Waals surface area contributed by atoms with E-state index >= 15 is 0 Å². The molecule has 1 fully saturated rings. The van der Waals surface area contributed by atoms with Gasteiger partial charge in [0.15, 0.2) is 0 Å². The molecule has 24 heavy (non-hydrogen) atoms. The Morgan fingerprint density at radius 3 is 2.58 bits per heavy atom. The highest BCUT2D eigenvalue weighted by Gasteiger charge is 2.30. The van der Waals surface area contributed by atoms with E-state index in [1.54, 1.807) is 12.1 Å². The van der Waals surface area contributed by atoms with Crippen molar-refractivity contribution in [2.24, 2.45) is 5.73 Å². The number of ether oxygens (including phenoxy) is 1. The van der Waals surface area contributed by atoms with Gasteiger partial charge in [-0.25, -0.2) is 0 Å². The lowest BCUT2D eigenvalue weighted by Crippen LogP contribution is -2.51. The molecule has 2 atom stereocenters. The predicted octanol–water partition coefficient (Wildman–Crippen LogP) is -0.631. The third-order valence-electron chi connectivity index (χ3n) is 3.59. The highest BCUT2D eigenvalue weighted by atomic mass is 16.5. The molecule has 4 N–H and O–H groups in total. The number of amides is 3. The topological polar surface area (TPSA) is 128 Å². The molecule has 1 aromatic rings. The lowest BCUT2D eigenvalue weighted by Gasteiger charge is -2.17. The van der Waals surface area contributed by atoms with Gasteiger partial charge in [0.05, 0.1) is 6.42 Å². The minimum Gasteiger partial charge on any atom is -0.461 e. The molecule has 128 valence electrons. The second-order valence-corrected chi connectivity index (χ2v) is 5.47. The summed E-state index contributed by atoms with van der Waals surface area (Å²) in [6.07, 6.45) is 0.224. The highest BCUT2D eigenvalue weighted by Crippen LogP contribution is 2.08. The molecule has 0 unspecified atom stereocenters. The van der Waals surface area contributed by atoms with Gasteiger partial charge in [-0.1, -0.05) is 30.3 Å². The molecule has 2 rings (SSSR count). The Hall–Kier alpha value is -2.90. The number of carbonyl (C=O) groups is 4. The van der Waals surface area contributed by atoms with Crippen LogP contribution in [-0.4, -0.2) is 35.8 Å². The van der Waals surface area contributed by atoms with Crippen LogP contribution in [0, 0.1) is 0 Å². The summed E-state index contributed by atoms with van der Waals surface area (Å²) in [4.78, 5) is 46.4. The van der Waals surface area contributed by atoms with Gasteiger partial charge in [-0.2, -0.15) is 0 Å². The van der Waals surface area contributed by atoms with Crippen molar-refractivity contribution in [2.45, 2.75) is 38.0 Å². The minimum absolute atomic E-state index is 0.0672. The van der Waals surface area contributed by atoms with Crippen molar-refractivity contribution in [1.29, 1.82) is 0 Å². The molecule has 1 aliphatic rings. The third kappa shape index (κ3) is 5.08. The average Bonchev–Trinajstić information content (AvgIpc) is 3.00. The largest absolute Gasteiger partial charge is 0.461 e. The number of primary amides is 1. The lowest BCUT2D eigenvalue weighted by molar-refractivity contribution is -0.147. The molecule has 1 aliphatic heterocycles. The Kier molecular flexibility index (Phi) is 5.89. The molecule has 1 saturated heterocycles. The van der Waals surface area contributed by atoms with Crippen molar-refractivity contribution in [3.63, 3.8) is 0 Å². The summed E-state index contributed by atoms with van der Waals surface area (Å²) in [6.45, 7) is 0.0672. The molecule has 8 nitrogen and oxygen atoms in total. The summed E-state index contributed by atoms with van der Waals surface area (Å²) in [5.41, 5.74) is 6.02. The summed E-state index contributed by atoms with van der Waals surface area (Å²) < 4.78 is 5.07. The van der Waals surface area contributed by atoms with E-state index in [9.17, 15) is 19.2 Å². The Bertz CT molecular complexity index is 632. The molecular formula is C16H19N3O5. The first-order valence-corrected chi connectivity index (χ1v) is 7.54. The maximum absolute atomic E-state index is 12.0. The van der Waals surface area contributed by atoms with Gasteiger partial charge >= 0.3 is 5.97 Å². The first-order chi connectivity index (χ1) is 11.5. The van der Waals surface area contributed by atoms with E-state index in [4.69, 9.17) is 10.5 Å². The number of rotatable bonds is 7. The third-order valence-corrected chi connectivity index (χ3v) is 3.59. The van der Waals surface area contributed by atoms with Gasteiger partial charge in [-0.15, -0.1) is 0 Å². The smallest absolute Gasteiger partial charge is 0.308 e. The first-order valence-electron chi connectivity index (χ1n) is 7.54. The van der Waals surface area contributed by atoms with E-state index in [0.29, 0.717) is 6.42 Å². The summed E-state index contributed by atoms with van der Waals surface area (Å²) in [6, 6.07) is 7.16. The van der Waals surface area contributed by atoms with Gasteiger partial charge in [0.25, 0.3) is 0 Å². The Morgan fingerprint density at radius 2 is 2.00 bits per heavy atom. The fourth-order valence-electron chi connectivity index (χ4n) is 2.27. The van der Waals surface area contributed by atoms with Crippen molar-refractivity contribution in [1.82, 2.24) is 10.6 Å².